The molecule has 0 bridgehead atoms. The van der Waals surface area contributed by atoms with Crippen LogP contribution in [0.25, 0.3) is 0 Å². The smallest absolute Gasteiger partial charge is 0.0191 e. The van der Waals surface area contributed by atoms with Crippen molar-refractivity contribution in [3.63, 3.8) is 0 Å². The first-order valence-corrected chi connectivity index (χ1v) is 4.08. The third kappa shape index (κ3) is 1.50. The molecule has 0 spiro atoms. The fourth-order valence-electron chi connectivity index (χ4n) is 1.52. The molecule has 1 aliphatic carbocycles. The Kier molecular flexibility index (Phi) is 2.31. The second-order valence-corrected chi connectivity index (χ2v) is 3.39. The largest absolute Gasteiger partial charge is 0.0840 e. The molecule has 0 unspecified atom stereocenters. The summed E-state index contributed by atoms with van der Waals surface area (Å²) in [5, 5.41) is 0. The minimum atomic E-state index is 0.722. The molecule has 0 aliphatic heterocycles. The number of rotatable bonds is 1. The Hall–Kier alpha value is -0.520. The van der Waals surface area contributed by atoms with Crippen LogP contribution in [0.3, 0.4) is 0 Å². The lowest BCUT2D eigenvalue weighted by atomic mass is 9.86. The van der Waals surface area contributed by atoms with Crippen molar-refractivity contribution in [2.75, 3.05) is 0 Å². The van der Waals surface area contributed by atoms with E-state index in [2.05, 4.69) is 39.0 Å². The fourth-order valence-corrected chi connectivity index (χ4v) is 1.52. The summed E-state index contributed by atoms with van der Waals surface area (Å²) >= 11 is 0. The van der Waals surface area contributed by atoms with E-state index in [9.17, 15) is 0 Å². The van der Waals surface area contributed by atoms with Crippen molar-refractivity contribution in [1.29, 1.82) is 0 Å². The summed E-state index contributed by atoms with van der Waals surface area (Å²) in [4.78, 5) is 0. The van der Waals surface area contributed by atoms with E-state index in [1.54, 1.807) is 5.57 Å². The Morgan fingerprint density at radius 1 is 1.50 bits per heavy atom. The van der Waals surface area contributed by atoms with Gasteiger partial charge in [0, 0.05) is 0 Å². The monoisotopic (exact) mass is 136 g/mol. The van der Waals surface area contributed by atoms with Crippen molar-refractivity contribution in [3.05, 3.63) is 23.8 Å². The summed E-state index contributed by atoms with van der Waals surface area (Å²) in [5.74, 6) is 1.49. The minimum Gasteiger partial charge on any atom is -0.0840 e. The summed E-state index contributed by atoms with van der Waals surface area (Å²) in [6.07, 6.45) is 7.91. The van der Waals surface area contributed by atoms with Gasteiger partial charge in [-0.1, -0.05) is 44.6 Å². The normalized spacial score (nSPS) is 25.2. The highest BCUT2D eigenvalue weighted by Crippen LogP contribution is 2.25. The molecule has 0 aromatic rings. The summed E-state index contributed by atoms with van der Waals surface area (Å²) in [6, 6.07) is 0. The predicted octanol–water partition coefficient (Wildman–Crippen LogP) is 3.16. The Bertz CT molecular complexity index is 161. The summed E-state index contributed by atoms with van der Waals surface area (Å²) in [7, 11) is 0. The van der Waals surface area contributed by atoms with Crippen LogP contribution < -0.4 is 0 Å². The van der Waals surface area contributed by atoms with Gasteiger partial charge in [-0.15, -0.1) is 0 Å². The lowest BCUT2D eigenvalue weighted by Crippen LogP contribution is -2.06. The highest BCUT2D eigenvalue weighted by Gasteiger charge is 2.11. The van der Waals surface area contributed by atoms with E-state index in [-0.39, 0.29) is 0 Å². The van der Waals surface area contributed by atoms with Crippen LogP contribution in [0.4, 0.5) is 0 Å². The molecule has 0 radical (unpaired) electrons. The topological polar surface area (TPSA) is 0 Å². The van der Waals surface area contributed by atoms with E-state index < -0.39 is 0 Å². The molecule has 0 heteroatoms. The molecule has 0 aromatic carbocycles. The first kappa shape index (κ1) is 7.59. The van der Waals surface area contributed by atoms with E-state index in [0.717, 1.165) is 11.8 Å². The van der Waals surface area contributed by atoms with Crippen molar-refractivity contribution in [2.45, 2.75) is 27.2 Å². The fraction of sp³-hybridized carbons (Fsp3) is 0.600. The van der Waals surface area contributed by atoms with E-state index in [1.165, 1.54) is 6.42 Å². The second-order valence-electron chi connectivity index (χ2n) is 3.39. The standard InChI is InChI=1S/C10H16/c1-8(2)10-7-5-4-6-9(10)3/h4-5,7-9H,6H2,1-3H3/t9-/m1/s1. The predicted molar refractivity (Wildman–Crippen MR) is 45.8 cm³/mol. The molecule has 56 valence electrons. The molecule has 0 fully saturated rings. The Balaban J connectivity index is 2.70. The zero-order chi connectivity index (χ0) is 7.56. The van der Waals surface area contributed by atoms with E-state index in [4.69, 9.17) is 0 Å². The van der Waals surface area contributed by atoms with Crippen LogP contribution in [-0.4, -0.2) is 0 Å². The molecule has 0 amide bonds. The van der Waals surface area contributed by atoms with Gasteiger partial charge in [-0.3, -0.25) is 0 Å². The van der Waals surface area contributed by atoms with Gasteiger partial charge in [-0.05, 0) is 18.3 Å². The average Bonchev–Trinajstić information content (AvgIpc) is 1.88. The van der Waals surface area contributed by atoms with Gasteiger partial charge in [-0.2, -0.15) is 0 Å². The van der Waals surface area contributed by atoms with Crippen LogP contribution >= 0.6 is 0 Å². The summed E-state index contributed by atoms with van der Waals surface area (Å²) in [6.45, 7) is 6.83. The maximum atomic E-state index is 2.30. The zero-order valence-electron chi connectivity index (χ0n) is 7.09. The van der Waals surface area contributed by atoms with Crippen LogP contribution in [0.5, 0.6) is 0 Å². The van der Waals surface area contributed by atoms with E-state index in [0.29, 0.717) is 0 Å². The minimum absolute atomic E-state index is 0.722. The first-order valence-electron chi connectivity index (χ1n) is 4.08. The molecule has 0 saturated heterocycles. The zero-order valence-corrected chi connectivity index (χ0v) is 7.09. The molecule has 0 saturated carbocycles. The van der Waals surface area contributed by atoms with Crippen LogP contribution in [0, 0.1) is 11.8 Å². The van der Waals surface area contributed by atoms with Crippen LogP contribution in [0.1, 0.15) is 27.2 Å². The van der Waals surface area contributed by atoms with Gasteiger partial charge in [-0.25, -0.2) is 0 Å². The van der Waals surface area contributed by atoms with Gasteiger partial charge in [0.15, 0.2) is 0 Å². The van der Waals surface area contributed by atoms with Crippen molar-refractivity contribution < 1.29 is 0 Å². The molecule has 0 heterocycles. The third-order valence-corrected chi connectivity index (χ3v) is 2.15. The van der Waals surface area contributed by atoms with Gasteiger partial charge < -0.3 is 0 Å². The SMILES string of the molecule is CC(C)C1=CC=CC[C@H]1C. The average molecular weight is 136 g/mol. The second kappa shape index (κ2) is 3.05. The van der Waals surface area contributed by atoms with Gasteiger partial charge >= 0.3 is 0 Å². The van der Waals surface area contributed by atoms with E-state index >= 15 is 0 Å². The molecule has 0 aromatic heterocycles. The third-order valence-electron chi connectivity index (χ3n) is 2.15. The highest BCUT2D eigenvalue weighted by molar-refractivity contribution is 5.21. The molecule has 1 rings (SSSR count). The molecule has 1 atom stereocenters. The quantitative estimate of drug-likeness (QED) is 0.519. The lowest BCUT2D eigenvalue weighted by Gasteiger charge is -2.20. The highest BCUT2D eigenvalue weighted by atomic mass is 14.2. The van der Waals surface area contributed by atoms with Crippen molar-refractivity contribution in [2.24, 2.45) is 11.8 Å². The first-order chi connectivity index (χ1) is 4.72. The van der Waals surface area contributed by atoms with Gasteiger partial charge in [0.25, 0.3) is 0 Å². The maximum Gasteiger partial charge on any atom is -0.0191 e. The van der Waals surface area contributed by atoms with Crippen LogP contribution in [0.2, 0.25) is 0 Å². The van der Waals surface area contributed by atoms with Crippen LogP contribution in [0.15, 0.2) is 23.8 Å². The number of allylic oxidation sites excluding steroid dienone is 4. The Labute approximate surface area is 63.6 Å². The molecule has 0 nitrogen and oxygen atoms in total. The maximum absolute atomic E-state index is 2.30. The molecule has 1 aliphatic rings. The Morgan fingerprint density at radius 3 is 2.60 bits per heavy atom. The van der Waals surface area contributed by atoms with Crippen molar-refractivity contribution >= 4 is 0 Å². The lowest BCUT2D eigenvalue weighted by molar-refractivity contribution is 0.583. The molecule has 0 N–H and O–H groups in total. The molecular weight excluding hydrogens is 120 g/mol. The van der Waals surface area contributed by atoms with Gasteiger partial charge in [0.05, 0.1) is 0 Å². The van der Waals surface area contributed by atoms with Crippen molar-refractivity contribution in [3.8, 4) is 0 Å². The van der Waals surface area contributed by atoms with Gasteiger partial charge in [0.1, 0.15) is 0 Å². The van der Waals surface area contributed by atoms with Crippen molar-refractivity contribution in [1.82, 2.24) is 0 Å². The summed E-state index contributed by atoms with van der Waals surface area (Å²) in [5.41, 5.74) is 1.60. The molecular formula is C10H16. The Morgan fingerprint density at radius 2 is 2.20 bits per heavy atom. The number of hydrogen-bond donors (Lipinski definition) is 0. The van der Waals surface area contributed by atoms with Gasteiger partial charge in [0.2, 0.25) is 0 Å². The van der Waals surface area contributed by atoms with Crippen LogP contribution in [-0.2, 0) is 0 Å². The molecule has 10 heavy (non-hydrogen) atoms. The summed E-state index contributed by atoms with van der Waals surface area (Å²) < 4.78 is 0. The van der Waals surface area contributed by atoms with E-state index in [1.807, 2.05) is 0 Å². The number of hydrogen-bond acceptors (Lipinski definition) is 0.